The van der Waals surface area contributed by atoms with Gasteiger partial charge in [-0.2, -0.15) is 0 Å². The highest BCUT2D eigenvalue weighted by molar-refractivity contribution is 7.91. The molecule has 202 valence electrons. The molecule has 0 saturated carbocycles. The number of aromatic hydroxyl groups is 1. The van der Waals surface area contributed by atoms with Crippen molar-refractivity contribution in [3.8, 4) is 16.9 Å². The van der Waals surface area contributed by atoms with E-state index < -0.39 is 26.0 Å². The summed E-state index contributed by atoms with van der Waals surface area (Å²) in [6, 6.07) is 18.0. The first kappa shape index (κ1) is 26.7. The maximum atomic E-state index is 13.8. The summed E-state index contributed by atoms with van der Waals surface area (Å²) in [4.78, 5) is 21.7. The number of fused-ring (bicyclic) bond motifs is 1. The van der Waals surface area contributed by atoms with Gasteiger partial charge in [0.1, 0.15) is 5.69 Å². The van der Waals surface area contributed by atoms with E-state index >= 15 is 0 Å². The van der Waals surface area contributed by atoms with Crippen LogP contribution in [0.2, 0.25) is 0 Å². The van der Waals surface area contributed by atoms with Crippen molar-refractivity contribution in [2.45, 2.75) is 62.2 Å². The van der Waals surface area contributed by atoms with E-state index in [4.69, 9.17) is 0 Å². The van der Waals surface area contributed by atoms with Gasteiger partial charge in [-0.05, 0) is 67.5 Å². The van der Waals surface area contributed by atoms with Gasteiger partial charge in [0.2, 0.25) is 9.84 Å². The van der Waals surface area contributed by atoms with Gasteiger partial charge in [0.15, 0.2) is 10.6 Å². The number of hydrogen-bond donors (Lipinski definition) is 2. The summed E-state index contributed by atoms with van der Waals surface area (Å²) in [6.45, 7) is 6.69. The second kappa shape index (κ2) is 10.7. The van der Waals surface area contributed by atoms with Crippen LogP contribution >= 0.6 is 0 Å². The topological polar surface area (TPSA) is 103 Å². The van der Waals surface area contributed by atoms with Gasteiger partial charge in [0, 0.05) is 35.4 Å². The van der Waals surface area contributed by atoms with Crippen molar-refractivity contribution in [3.05, 3.63) is 94.2 Å². The number of anilines is 2. The Balaban J connectivity index is 1.65. The number of unbranched alkanes of at least 4 members (excludes halogenated alkanes) is 1. The summed E-state index contributed by atoms with van der Waals surface area (Å²) < 4.78 is 27.7. The molecule has 5 rings (SSSR count). The molecule has 0 amide bonds. The normalized spacial score (nSPS) is 15.3. The Labute approximate surface area is 229 Å². The van der Waals surface area contributed by atoms with Crippen molar-refractivity contribution < 1.29 is 13.5 Å². The molecular weight excluding hydrogens is 510 g/mol. The van der Waals surface area contributed by atoms with Gasteiger partial charge in [-0.25, -0.2) is 8.42 Å². The first-order chi connectivity index (χ1) is 18.7. The lowest BCUT2D eigenvalue weighted by molar-refractivity contribution is 0.453. The highest BCUT2D eigenvalue weighted by Gasteiger charge is 2.33. The van der Waals surface area contributed by atoms with E-state index in [1.807, 2.05) is 49.1 Å². The maximum absolute atomic E-state index is 13.8. The van der Waals surface area contributed by atoms with E-state index in [-0.39, 0.29) is 4.90 Å². The molecule has 8 heteroatoms. The third-order valence-electron chi connectivity index (χ3n) is 7.54. The number of nitrogens with one attached hydrogen (secondary N) is 1. The third kappa shape index (κ3) is 4.85. The largest absolute Gasteiger partial charge is 0.504 e. The first-order valence-corrected chi connectivity index (χ1v) is 14.8. The Morgan fingerprint density at radius 2 is 1.82 bits per heavy atom. The Hall–Kier alpha value is -3.91. The fraction of sp³-hybridized carbons (Fsp3) is 0.290. The first-order valence-electron chi connectivity index (χ1n) is 13.4. The lowest BCUT2D eigenvalue weighted by atomic mass is 9.91. The number of hydrogen-bond acceptors (Lipinski definition) is 6. The van der Waals surface area contributed by atoms with Gasteiger partial charge in [-0.15, -0.1) is 0 Å². The number of aromatic nitrogens is 2. The monoisotopic (exact) mass is 543 g/mol. The second-order valence-corrected chi connectivity index (χ2v) is 12.0. The van der Waals surface area contributed by atoms with Crippen molar-refractivity contribution in [3.63, 3.8) is 0 Å². The van der Waals surface area contributed by atoms with Crippen LogP contribution < -0.4 is 10.5 Å². The smallest absolute Gasteiger partial charge is 0.271 e. The molecule has 0 saturated heterocycles. The van der Waals surface area contributed by atoms with Crippen LogP contribution in [0, 0.1) is 6.92 Å². The molecule has 2 N–H and O–H groups in total. The van der Waals surface area contributed by atoms with Crippen molar-refractivity contribution in [1.82, 2.24) is 9.97 Å². The van der Waals surface area contributed by atoms with Gasteiger partial charge in [0.25, 0.3) is 5.56 Å². The molecule has 0 radical (unpaired) electrons. The van der Waals surface area contributed by atoms with Gasteiger partial charge < -0.3 is 15.0 Å². The van der Waals surface area contributed by atoms with E-state index in [0.29, 0.717) is 30.3 Å². The van der Waals surface area contributed by atoms with Crippen LogP contribution in [0.1, 0.15) is 56.0 Å². The molecule has 0 bridgehead atoms. The van der Waals surface area contributed by atoms with Crippen molar-refractivity contribution in [2.24, 2.45) is 0 Å². The lowest BCUT2D eigenvalue weighted by Gasteiger charge is -2.36. The van der Waals surface area contributed by atoms with Crippen molar-refractivity contribution in [2.75, 3.05) is 11.4 Å². The molecule has 3 heterocycles. The van der Waals surface area contributed by atoms with Crippen LogP contribution in [0.3, 0.4) is 0 Å². The molecule has 1 unspecified atom stereocenters. The fourth-order valence-corrected chi connectivity index (χ4v) is 6.76. The molecule has 1 aliphatic rings. The van der Waals surface area contributed by atoms with Crippen LogP contribution in [-0.2, 0) is 16.3 Å². The number of aromatic amines is 1. The van der Waals surface area contributed by atoms with Crippen molar-refractivity contribution >= 4 is 21.2 Å². The van der Waals surface area contributed by atoms with Crippen LogP contribution in [0.5, 0.6) is 5.75 Å². The van der Waals surface area contributed by atoms with Crippen LogP contribution in [0.15, 0.2) is 81.4 Å². The number of para-hydroxylation sites is 1. The molecule has 1 atom stereocenters. The van der Waals surface area contributed by atoms with Crippen LogP contribution in [-0.4, -0.2) is 30.0 Å². The van der Waals surface area contributed by atoms with E-state index in [0.717, 1.165) is 47.3 Å². The molecule has 2 aromatic heterocycles. The number of H-pyrrole nitrogens is 1. The standard InChI is InChI=1S/C31H33N3O4S/c1-4-5-11-26-28(34-19-17-20(2)24-9-6-7-12-27(24)34)29(35)30(31(36)33-26)39(37,38)23-15-13-22(14-16-23)25-10-8-18-32-21(25)3/h6-10,12-16,18,20H,4-5,11,17,19H2,1-3H3,(H2,33,35,36). The molecule has 0 aliphatic carbocycles. The number of sulfone groups is 1. The third-order valence-corrected chi connectivity index (χ3v) is 9.35. The van der Waals surface area contributed by atoms with Crippen LogP contribution in [0.4, 0.5) is 11.4 Å². The summed E-state index contributed by atoms with van der Waals surface area (Å²) in [7, 11) is -4.33. The van der Waals surface area contributed by atoms with Gasteiger partial charge in [-0.3, -0.25) is 9.78 Å². The lowest BCUT2D eigenvalue weighted by Crippen LogP contribution is -2.30. The highest BCUT2D eigenvalue weighted by atomic mass is 32.2. The van der Waals surface area contributed by atoms with Gasteiger partial charge >= 0.3 is 0 Å². The summed E-state index contributed by atoms with van der Waals surface area (Å²) in [5.74, 6) is -0.173. The minimum Gasteiger partial charge on any atom is -0.504 e. The summed E-state index contributed by atoms with van der Waals surface area (Å²) in [6.07, 6.45) is 4.73. The zero-order valence-corrected chi connectivity index (χ0v) is 23.3. The van der Waals surface area contributed by atoms with Crippen LogP contribution in [0.25, 0.3) is 11.1 Å². The Morgan fingerprint density at radius 3 is 2.54 bits per heavy atom. The van der Waals surface area contributed by atoms with E-state index in [1.165, 1.54) is 12.1 Å². The fourth-order valence-electron chi connectivity index (χ4n) is 5.39. The number of nitrogens with zero attached hydrogens (tertiary/aromatic N) is 2. The van der Waals surface area contributed by atoms with Gasteiger partial charge in [-0.1, -0.05) is 56.7 Å². The highest BCUT2D eigenvalue weighted by Crippen LogP contribution is 2.45. The van der Waals surface area contributed by atoms with Crippen molar-refractivity contribution in [1.29, 1.82) is 0 Å². The quantitative estimate of drug-likeness (QED) is 0.285. The summed E-state index contributed by atoms with van der Waals surface area (Å²) >= 11 is 0. The molecular formula is C31H33N3O4S. The minimum absolute atomic E-state index is 0.0616. The summed E-state index contributed by atoms with van der Waals surface area (Å²) in [5, 5.41) is 11.6. The van der Waals surface area contributed by atoms with Gasteiger partial charge in [0.05, 0.1) is 4.90 Å². The number of rotatable bonds is 7. The molecule has 39 heavy (non-hydrogen) atoms. The predicted octanol–water partition coefficient (Wildman–Crippen LogP) is 6.27. The Kier molecular flexibility index (Phi) is 7.32. The number of benzene rings is 2. The second-order valence-electron chi connectivity index (χ2n) is 10.1. The molecule has 1 aliphatic heterocycles. The SMILES string of the molecule is CCCCc1[nH]c(=O)c(S(=O)(=O)c2ccc(-c3cccnc3C)cc2)c(O)c1N1CCC(C)c2ccccc21. The molecule has 0 fully saturated rings. The van der Waals surface area contributed by atoms with E-state index in [9.17, 15) is 18.3 Å². The zero-order chi connectivity index (χ0) is 27.7. The average Bonchev–Trinajstić information content (AvgIpc) is 2.93. The Morgan fingerprint density at radius 1 is 1.08 bits per heavy atom. The average molecular weight is 544 g/mol. The summed E-state index contributed by atoms with van der Waals surface area (Å²) in [5.41, 5.74) is 4.67. The zero-order valence-electron chi connectivity index (χ0n) is 22.4. The maximum Gasteiger partial charge on any atom is 0.271 e. The Bertz CT molecular complexity index is 1680. The molecule has 0 spiro atoms. The molecule has 2 aromatic carbocycles. The van der Waals surface area contributed by atoms with E-state index in [1.54, 1.807) is 18.3 Å². The number of pyridine rings is 2. The molecule has 4 aromatic rings. The number of aryl methyl sites for hydroxylation is 2. The predicted molar refractivity (Wildman–Crippen MR) is 154 cm³/mol. The minimum atomic E-state index is -4.33. The molecule has 7 nitrogen and oxygen atoms in total. The van der Waals surface area contributed by atoms with E-state index in [2.05, 4.69) is 23.0 Å².